The van der Waals surface area contributed by atoms with Crippen molar-refractivity contribution in [3.05, 3.63) is 54.1 Å². The number of nitrogens with zero attached hydrogens (tertiary/aromatic N) is 2. The summed E-state index contributed by atoms with van der Waals surface area (Å²) in [5, 5.41) is 0. The minimum absolute atomic E-state index is 0.0911. The molecule has 0 aromatic heterocycles. The summed E-state index contributed by atoms with van der Waals surface area (Å²) in [4.78, 5) is 15.1. The summed E-state index contributed by atoms with van der Waals surface area (Å²) in [5.41, 5.74) is 0.573. The molecule has 10 heteroatoms. The SMILES string of the molecule is Cc1ccc(S(=O)(=O)N2CCCC3(CCN(c4ccc(OC(F)(F)F)cc4)C3=O)C2)cc1. The van der Waals surface area contributed by atoms with E-state index < -0.39 is 21.8 Å². The Bertz CT molecular complexity index is 1100. The quantitative estimate of drug-likeness (QED) is 0.678. The van der Waals surface area contributed by atoms with E-state index in [1.807, 2.05) is 6.92 Å². The highest BCUT2D eigenvalue weighted by atomic mass is 32.2. The number of hydrogen-bond acceptors (Lipinski definition) is 4. The number of ether oxygens (including phenoxy) is 1. The second-order valence-electron chi connectivity index (χ2n) is 8.28. The second kappa shape index (κ2) is 8.08. The summed E-state index contributed by atoms with van der Waals surface area (Å²) in [7, 11) is -3.73. The van der Waals surface area contributed by atoms with E-state index in [2.05, 4.69) is 4.74 Å². The molecule has 2 aliphatic heterocycles. The number of piperidine rings is 1. The van der Waals surface area contributed by atoms with Crippen LogP contribution in [-0.2, 0) is 14.8 Å². The van der Waals surface area contributed by atoms with Crippen LogP contribution in [0, 0.1) is 12.3 Å². The molecule has 6 nitrogen and oxygen atoms in total. The van der Waals surface area contributed by atoms with Gasteiger partial charge in [0.2, 0.25) is 15.9 Å². The van der Waals surface area contributed by atoms with Crippen LogP contribution in [0.2, 0.25) is 0 Å². The van der Waals surface area contributed by atoms with Crippen LogP contribution in [0.3, 0.4) is 0 Å². The third kappa shape index (κ3) is 4.33. The van der Waals surface area contributed by atoms with Gasteiger partial charge >= 0.3 is 6.36 Å². The largest absolute Gasteiger partial charge is 0.573 e. The molecular formula is C22H23F3N2O4S. The first-order chi connectivity index (χ1) is 15.0. The van der Waals surface area contributed by atoms with Gasteiger partial charge in [-0.2, -0.15) is 4.31 Å². The van der Waals surface area contributed by atoms with Crippen molar-refractivity contribution in [3.63, 3.8) is 0 Å². The Morgan fingerprint density at radius 3 is 2.25 bits per heavy atom. The van der Waals surface area contributed by atoms with Crippen molar-refractivity contribution in [1.29, 1.82) is 0 Å². The van der Waals surface area contributed by atoms with Gasteiger partial charge in [0.05, 0.1) is 10.3 Å². The Balaban J connectivity index is 1.52. The molecule has 4 rings (SSSR count). The van der Waals surface area contributed by atoms with E-state index in [1.165, 1.54) is 21.3 Å². The fourth-order valence-electron chi connectivity index (χ4n) is 4.43. The van der Waals surface area contributed by atoms with E-state index >= 15 is 0 Å². The molecule has 0 bridgehead atoms. The van der Waals surface area contributed by atoms with Crippen molar-refractivity contribution in [2.75, 3.05) is 24.5 Å². The van der Waals surface area contributed by atoms with Crippen molar-refractivity contribution in [1.82, 2.24) is 4.31 Å². The smallest absolute Gasteiger partial charge is 0.406 e. The van der Waals surface area contributed by atoms with Crippen molar-refractivity contribution in [2.24, 2.45) is 5.41 Å². The molecule has 2 aromatic carbocycles. The predicted molar refractivity (Wildman–Crippen MR) is 112 cm³/mol. The summed E-state index contributed by atoms with van der Waals surface area (Å²) >= 11 is 0. The number of carbonyl (C=O) groups is 1. The summed E-state index contributed by atoms with van der Waals surface area (Å²) in [6.45, 7) is 2.68. The van der Waals surface area contributed by atoms with Crippen LogP contribution in [-0.4, -0.2) is 44.6 Å². The van der Waals surface area contributed by atoms with Crippen molar-refractivity contribution in [3.8, 4) is 5.75 Å². The van der Waals surface area contributed by atoms with Crippen LogP contribution >= 0.6 is 0 Å². The van der Waals surface area contributed by atoms with Gasteiger partial charge in [0.1, 0.15) is 5.75 Å². The van der Waals surface area contributed by atoms with Crippen LogP contribution in [0.5, 0.6) is 5.75 Å². The summed E-state index contributed by atoms with van der Waals surface area (Å²) in [6, 6.07) is 11.7. The zero-order valence-electron chi connectivity index (χ0n) is 17.4. The Labute approximate surface area is 184 Å². The first kappa shape index (κ1) is 22.6. The molecule has 32 heavy (non-hydrogen) atoms. The average Bonchev–Trinajstić information content (AvgIpc) is 3.03. The Morgan fingerprint density at radius 1 is 0.969 bits per heavy atom. The number of rotatable bonds is 4. The maximum absolute atomic E-state index is 13.3. The monoisotopic (exact) mass is 468 g/mol. The molecule has 0 saturated carbocycles. The van der Waals surface area contributed by atoms with Gasteiger partial charge in [-0.15, -0.1) is 13.2 Å². The number of benzene rings is 2. The van der Waals surface area contributed by atoms with Crippen LogP contribution < -0.4 is 9.64 Å². The third-order valence-electron chi connectivity index (χ3n) is 6.10. The molecule has 2 aliphatic rings. The Morgan fingerprint density at radius 2 is 1.62 bits per heavy atom. The maximum atomic E-state index is 13.3. The van der Waals surface area contributed by atoms with E-state index in [9.17, 15) is 26.4 Å². The lowest BCUT2D eigenvalue weighted by atomic mass is 9.79. The summed E-state index contributed by atoms with van der Waals surface area (Å²) in [5.74, 6) is -0.568. The Hall–Kier alpha value is -2.59. The maximum Gasteiger partial charge on any atom is 0.573 e. The molecule has 2 heterocycles. The van der Waals surface area contributed by atoms with Crippen LogP contribution in [0.25, 0.3) is 0 Å². The molecule has 172 valence electrons. The number of sulfonamides is 1. The van der Waals surface area contributed by atoms with E-state index in [0.29, 0.717) is 38.0 Å². The zero-order valence-corrected chi connectivity index (χ0v) is 18.2. The van der Waals surface area contributed by atoms with E-state index in [0.717, 1.165) is 17.7 Å². The van der Waals surface area contributed by atoms with Crippen LogP contribution in [0.15, 0.2) is 53.4 Å². The highest BCUT2D eigenvalue weighted by molar-refractivity contribution is 7.89. The molecule has 2 fully saturated rings. The van der Waals surface area contributed by atoms with Gasteiger partial charge < -0.3 is 9.64 Å². The first-order valence-electron chi connectivity index (χ1n) is 10.2. The van der Waals surface area contributed by atoms with Crippen LogP contribution in [0.4, 0.5) is 18.9 Å². The van der Waals surface area contributed by atoms with Gasteiger partial charge in [-0.25, -0.2) is 8.42 Å². The average molecular weight is 468 g/mol. The molecule has 0 radical (unpaired) electrons. The molecule has 1 atom stereocenters. The highest BCUT2D eigenvalue weighted by Gasteiger charge is 2.51. The lowest BCUT2D eigenvalue weighted by Gasteiger charge is -2.38. The first-order valence-corrected chi connectivity index (χ1v) is 11.7. The van der Waals surface area contributed by atoms with Crippen molar-refractivity contribution in [2.45, 2.75) is 37.4 Å². The molecular weight excluding hydrogens is 445 g/mol. The highest BCUT2D eigenvalue weighted by Crippen LogP contribution is 2.43. The summed E-state index contributed by atoms with van der Waals surface area (Å²) < 4.78 is 68.7. The summed E-state index contributed by atoms with van der Waals surface area (Å²) in [6.07, 6.45) is -3.18. The predicted octanol–water partition coefficient (Wildman–Crippen LogP) is 4.10. The molecule has 0 N–H and O–H groups in total. The second-order valence-corrected chi connectivity index (χ2v) is 10.2. The normalized spacial score (nSPS) is 22.5. The van der Waals surface area contributed by atoms with Gasteiger partial charge in [0, 0.05) is 25.3 Å². The Kier molecular flexibility index (Phi) is 5.70. The van der Waals surface area contributed by atoms with Gasteiger partial charge in [-0.05, 0) is 62.6 Å². The van der Waals surface area contributed by atoms with Crippen molar-refractivity contribution < 1.29 is 31.1 Å². The van der Waals surface area contributed by atoms with Gasteiger partial charge in [0.25, 0.3) is 0 Å². The molecule has 1 unspecified atom stereocenters. The van der Waals surface area contributed by atoms with Crippen molar-refractivity contribution >= 4 is 21.6 Å². The molecule has 2 aromatic rings. The minimum atomic E-state index is -4.79. The van der Waals surface area contributed by atoms with E-state index in [1.54, 1.807) is 24.3 Å². The number of carbonyl (C=O) groups excluding carboxylic acids is 1. The van der Waals surface area contributed by atoms with E-state index in [4.69, 9.17) is 0 Å². The number of anilines is 1. The molecule has 0 aliphatic carbocycles. The van der Waals surface area contributed by atoms with E-state index in [-0.39, 0.29) is 23.1 Å². The number of amides is 1. The standard InChI is InChI=1S/C22H23F3N2O4S/c1-16-3-9-19(10-4-16)32(29,30)26-13-2-11-21(15-26)12-14-27(20(21)28)17-5-7-18(8-6-17)31-22(23,24)25/h3-10H,2,11-15H2,1H3. The fraction of sp³-hybridized carbons (Fsp3) is 0.409. The zero-order chi connectivity index (χ0) is 23.1. The minimum Gasteiger partial charge on any atom is -0.406 e. The van der Waals surface area contributed by atoms with Crippen LogP contribution in [0.1, 0.15) is 24.8 Å². The number of hydrogen-bond donors (Lipinski definition) is 0. The topological polar surface area (TPSA) is 66.9 Å². The fourth-order valence-corrected chi connectivity index (χ4v) is 5.99. The third-order valence-corrected chi connectivity index (χ3v) is 7.95. The number of aryl methyl sites for hydroxylation is 1. The van der Waals surface area contributed by atoms with Gasteiger partial charge in [0.15, 0.2) is 0 Å². The lowest BCUT2D eigenvalue weighted by molar-refractivity contribution is -0.274. The van der Waals surface area contributed by atoms with Gasteiger partial charge in [-0.1, -0.05) is 17.7 Å². The molecule has 2 saturated heterocycles. The van der Waals surface area contributed by atoms with Gasteiger partial charge in [-0.3, -0.25) is 4.79 Å². The molecule has 1 spiro atoms. The lowest BCUT2D eigenvalue weighted by Crippen LogP contribution is -2.49. The number of halogens is 3. The number of alkyl halides is 3. The molecule has 1 amide bonds.